The average molecular weight is 355 g/mol. The molecule has 0 aliphatic rings. The summed E-state index contributed by atoms with van der Waals surface area (Å²) in [5, 5.41) is 2.78. The Hall–Kier alpha value is -2.82. The molecule has 1 amide bonds. The van der Waals surface area contributed by atoms with Gasteiger partial charge < -0.3 is 14.8 Å². The average Bonchev–Trinajstić information content (AvgIpc) is 2.67. The van der Waals surface area contributed by atoms with E-state index in [1.165, 1.54) is 0 Å². The number of amides is 1. The van der Waals surface area contributed by atoms with Gasteiger partial charge in [0.2, 0.25) is 0 Å². The molecule has 0 saturated carbocycles. The maximum atomic E-state index is 12.4. The number of esters is 1. The van der Waals surface area contributed by atoms with Crippen LogP contribution in [0.1, 0.15) is 37.3 Å². The van der Waals surface area contributed by atoms with Crippen LogP contribution in [-0.2, 0) is 20.9 Å². The van der Waals surface area contributed by atoms with E-state index in [4.69, 9.17) is 9.47 Å². The summed E-state index contributed by atoms with van der Waals surface area (Å²) in [5.41, 5.74) is 1.83. The van der Waals surface area contributed by atoms with E-state index in [-0.39, 0.29) is 17.8 Å². The zero-order chi connectivity index (χ0) is 18.9. The predicted molar refractivity (Wildman–Crippen MR) is 99.9 cm³/mol. The van der Waals surface area contributed by atoms with Crippen LogP contribution in [-0.4, -0.2) is 25.1 Å². The highest BCUT2D eigenvalue weighted by molar-refractivity contribution is 5.85. The molecular formula is C21H25NO4. The van der Waals surface area contributed by atoms with Crippen LogP contribution in [0.5, 0.6) is 5.75 Å². The molecule has 5 nitrogen and oxygen atoms in total. The van der Waals surface area contributed by atoms with Crippen molar-refractivity contribution in [2.75, 3.05) is 7.11 Å². The van der Waals surface area contributed by atoms with Gasteiger partial charge in [-0.15, -0.1) is 0 Å². The number of hydrogen-bond donors (Lipinski definition) is 1. The van der Waals surface area contributed by atoms with E-state index in [1.54, 1.807) is 14.0 Å². The number of carbonyl (C=O) groups is 2. The Morgan fingerprint density at radius 3 is 2.27 bits per heavy atom. The molecule has 0 heterocycles. The van der Waals surface area contributed by atoms with E-state index < -0.39 is 6.10 Å². The van der Waals surface area contributed by atoms with Crippen LogP contribution >= 0.6 is 0 Å². The lowest BCUT2D eigenvalue weighted by atomic mass is 9.97. The Balaban J connectivity index is 1.87. The monoisotopic (exact) mass is 355 g/mol. The first-order chi connectivity index (χ1) is 12.5. The van der Waals surface area contributed by atoms with Gasteiger partial charge in [-0.25, -0.2) is 0 Å². The van der Waals surface area contributed by atoms with E-state index in [2.05, 4.69) is 5.32 Å². The molecule has 0 bridgehead atoms. The first kappa shape index (κ1) is 19.5. The third-order valence-electron chi connectivity index (χ3n) is 4.18. The third kappa shape index (κ3) is 5.34. The minimum absolute atomic E-state index is 0.322. The first-order valence-electron chi connectivity index (χ1n) is 8.71. The minimum atomic E-state index is -0.849. The van der Waals surface area contributed by atoms with Gasteiger partial charge in [-0.05, 0) is 36.6 Å². The lowest BCUT2D eigenvalue weighted by molar-refractivity contribution is -0.156. The van der Waals surface area contributed by atoms with Gasteiger partial charge in [0.15, 0.2) is 6.10 Å². The molecule has 0 unspecified atom stereocenters. The summed E-state index contributed by atoms with van der Waals surface area (Å²) in [6.07, 6.45) is -0.234. The van der Waals surface area contributed by atoms with Crippen LogP contribution in [0.4, 0.5) is 0 Å². The smallest absolute Gasteiger partial charge is 0.314 e. The lowest BCUT2D eigenvalue weighted by Crippen LogP contribution is -2.36. The Morgan fingerprint density at radius 1 is 1.04 bits per heavy atom. The summed E-state index contributed by atoms with van der Waals surface area (Å²) in [6.45, 7) is 3.87. The number of nitrogens with one attached hydrogen (secondary N) is 1. The molecule has 2 aromatic carbocycles. The van der Waals surface area contributed by atoms with Gasteiger partial charge in [0.05, 0.1) is 13.0 Å². The maximum absolute atomic E-state index is 12.4. The lowest BCUT2D eigenvalue weighted by Gasteiger charge is -2.18. The summed E-state index contributed by atoms with van der Waals surface area (Å²) in [7, 11) is 1.60. The largest absolute Gasteiger partial charge is 0.497 e. The Labute approximate surface area is 154 Å². The van der Waals surface area contributed by atoms with Crippen molar-refractivity contribution >= 4 is 11.9 Å². The third-order valence-corrected chi connectivity index (χ3v) is 4.18. The molecule has 1 N–H and O–H groups in total. The van der Waals surface area contributed by atoms with Crippen molar-refractivity contribution in [3.05, 3.63) is 65.7 Å². The van der Waals surface area contributed by atoms with Crippen LogP contribution in [0, 0.1) is 0 Å². The molecule has 26 heavy (non-hydrogen) atoms. The van der Waals surface area contributed by atoms with E-state index >= 15 is 0 Å². The molecule has 5 heteroatoms. The van der Waals surface area contributed by atoms with Crippen LogP contribution in [0.2, 0.25) is 0 Å². The van der Waals surface area contributed by atoms with Gasteiger partial charge >= 0.3 is 5.97 Å². The summed E-state index contributed by atoms with van der Waals surface area (Å²) in [6, 6.07) is 16.9. The van der Waals surface area contributed by atoms with Gasteiger partial charge in [0, 0.05) is 6.54 Å². The quantitative estimate of drug-likeness (QED) is 0.737. The number of carbonyl (C=O) groups excluding carboxylic acids is 2. The Bertz CT molecular complexity index is 713. The van der Waals surface area contributed by atoms with Gasteiger partial charge in [-0.3, -0.25) is 9.59 Å². The van der Waals surface area contributed by atoms with E-state index in [9.17, 15) is 9.59 Å². The van der Waals surface area contributed by atoms with Gasteiger partial charge in [-0.1, -0.05) is 49.4 Å². The predicted octanol–water partition coefficient (Wildman–Crippen LogP) is 3.44. The van der Waals surface area contributed by atoms with Gasteiger partial charge in [-0.2, -0.15) is 0 Å². The standard InChI is InChI=1S/C21H25NO4/c1-4-19(17-8-6-5-7-9-17)21(24)26-15(2)20(23)22-14-16-10-12-18(25-3)13-11-16/h5-13,15,19H,4,14H2,1-3H3,(H,22,23)/t15-,19-/m1/s1. The highest BCUT2D eigenvalue weighted by atomic mass is 16.5. The van der Waals surface area contributed by atoms with Crippen LogP contribution in [0.25, 0.3) is 0 Å². The molecule has 2 atom stereocenters. The van der Waals surface area contributed by atoms with Crippen LogP contribution in [0.3, 0.4) is 0 Å². The van der Waals surface area contributed by atoms with Crippen molar-refractivity contribution in [2.45, 2.75) is 38.8 Å². The molecule has 0 saturated heterocycles. The molecule has 2 rings (SSSR count). The minimum Gasteiger partial charge on any atom is -0.497 e. The number of methoxy groups -OCH3 is 1. The van der Waals surface area contributed by atoms with Crippen LogP contribution in [0.15, 0.2) is 54.6 Å². The summed E-state index contributed by atoms with van der Waals surface area (Å²) < 4.78 is 10.5. The van der Waals surface area contributed by atoms with E-state index in [1.807, 2.05) is 61.5 Å². The summed E-state index contributed by atoms with van der Waals surface area (Å²) >= 11 is 0. The fourth-order valence-electron chi connectivity index (χ4n) is 2.61. The fourth-order valence-corrected chi connectivity index (χ4v) is 2.61. The fraction of sp³-hybridized carbons (Fsp3) is 0.333. The zero-order valence-corrected chi connectivity index (χ0v) is 15.4. The molecule has 0 aromatic heterocycles. The molecule has 0 fully saturated rings. The van der Waals surface area contributed by atoms with Crippen molar-refractivity contribution in [3.63, 3.8) is 0 Å². The second-order valence-electron chi connectivity index (χ2n) is 6.02. The molecule has 2 aromatic rings. The molecule has 0 aliphatic carbocycles. The van der Waals surface area contributed by atoms with Crippen molar-refractivity contribution in [1.82, 2.24) is 5.32 Å². The zero-order valence-electron chi connectivity index (χ0n) is 15.4. The van der Waals surface area contributed by atoms with Crippen molar-refractivity contribution in [2.24, 2.45) is 0 Å². The second kappa shape index (κ2) is 9.61. The highest BCUT2D eigenvalue weighted by Crippen LogP contribution is 2.21. The molecule has 0 aliphatic heterocycles. The van der Waals surface area contributed by atoms with Gasteiger partial charge in [0.1, 0.15) is 5.75 Å². The van der Waals surface area contributed by atoms with Crippen molar-refractivity contribution in [1.29, 1.82) is 0 Å². The topological polar surface area (TPSA) is 64.6 Å². The van der Waals surface area contributed by atoms with E-state index in [0.29, 0.717) is 13.0 Å². The van der Waals surface area contributed by atoms with E-state index in [0.717, 1.165) is 16.9 Å². The summed E-state index contributed by atoms with van der Waals surface area (Å²) in [5.74, 6) is -0.315. The second-order valence-corrected chi connectivity index (χ2v) is 6.02. The number of benzene rings is 2. The first-order valence-corrected chi connectivity index (χ1v) is 8.71. The normalized spacial score (nSPS) is 12.7. The highest BCUT2D eigenvalue weighted by Gasteiger charge is 2.24. The summed E-state index contributed by atoms with van der Waals surface area (Å²) in [4.78, 5) is 24.6. The van der Waals surface area contributed by atoms with Crippen LogP contribution < -0.4 is 10.1 Å². The molecular weight excluding hydrogens is 330 g/mol. The Kier molecular flexibility index (Phi) is 7.21. The number of ether oxygens (including phenoxy) is 2. The van der Waals surface area contributed by atoms with Gasteiger partial charge in [0.25, 0.3) is 5.91 Å². The molecule has 0 spiro atoms. The SMILES string of the molecule is CC[C@@H](C(=O)O[C@H](C)C(=O)NCc1ccc(OC)cc1)c1ccccc1. The molecule has 138 valence electrons. The Morgan fingerprint density at radius 2 is 1.69 bits per heavy atom. The van der Waals surface area contributed by atoms with Crippen molar-refractivity contribution in [3.8, 4) is 5.75 Å². The molecule has 0 radical (unpaired) electrons. The number of hydrogen-bond acceptors (Lipinski definition) is 4. The van der Waals surface area contributed by atoms with Crippen molar-refractivity contribution < 1.29 is 19.1 Å². The number of rotatable bonds is 8. The maximum Gasteiger partial charge on any atom is 0.314 e.